The number of fused-ring (bicyclic) bond motifs is 2. The SMILES string of the molecule is NC1CCC(CCC(=O)NCC2CC3CCC2C3)CC1. The molecule has 3 atom stereocenters. The van der Waals surface area contributed by atoms with E-state index in [0.29, 0.717) is 6.04 Å². The van der Waals surface area contributed by atoms with E-state index in [1.54, 1.807) is 0 Å². The molecule has 3 N–H and O–H groups in total. The zero-order valence-corrected chi connectivity index (χ0v) is 12.7. The van der Waals surface area contributed by atoms with Gasteiger partial charge in [0, 0.05) is 19.0 Å². The molecule has 3 nitrogen and oxygen atoms in total. The third kappa shape index (κ3) is 3.55. The normalized spacial score (nSPS) is 40.0. The largest absolute Gasteiger partial charge is 0.356 e. The van der Waals surface area contributed by atoms with Crippen molar-refractivity contribution in [2.24, 2.45) is 29.4 Å². The van der Waals surface area contributed by atoms with Gasteiger partial charge in [-0.2, -0.15) is 0 Å². The Morgan fingerprint density at radius 1 is 1.05 bits per heavy atom. The average molecular weight is 278 g/mol. The molecule has 0 radical (unpaired) electrons. The number of carbonyl (C=O) groups is 1. The summed E-state index contributed by atoms with van der Waals surface area (Å²) >= 11 is 0. The third-order valence-corrected chi connectivity index (χ3v) is 6.12. The molecule has 0 aliphatic heterocycles. The molecular weight excluding hydrogens is 248 g/mol. The van der Waals surface area contributed by atoms with Gasteiger partial charge in [0.1, 0.15) is 0 Å². The van der Waals surface area contributed by atoms with Crippen molar-refractivity contribution < 1.29 is 4.79 Å². The first-order valence-corrected chi connectivity index (χ1v) is 8.73. The van der Waals surface area contributed by atoms with E-state index in [2.05, 4.69) is 5.32 Å². The predicted octanol–water partition coefficient (Wildman–Crippen LogP) is 2.84. The lowest BCUT2D eigenvalue weighted by molar-refractivity contribution is -0.121. The van der Waals surface area contributed by atoms with E-state index >= 15 is 0 Å². The van der Waals surface area contributed by atoms with Crippen LogP contribution in [0.2, 0.25) is 0 Å². The Morgan fingerprint density at radius 2 is 1.85 bits per heavy atom. The highest BCUT2D eigenvalue weighted by Gasteiger charge is 2.39. The summed E-state index contributed by atoms with van der Waals surface area (Å²) in [6.45, 7) is 0.940. The number of nitrogens with one attached hydrogen (secondary N) is 1. The van der Waals surface area contributed by atoms with Crippen LogP contribution in [0.5, 0.6) is 0 Å². The van der Waals surface area contributed by atoms with Crippen molar-refractivity contribution in [1.29, 1.82) is 0 Å². The van der Waals surface area contributed by atoms with Crippen molar-refractivity contribution in [2.75, 3.05) is 6.54 Å². The second-order valence-corrected chi connectivity index (χ2v) is 7.56. The van der Waals surface area contributed by atoms with Crippen LogP contribution in [0, 0.1) is 23.7 Å². The number of hydrogen-bond donors (Lipinski definition) is 2. The fraction of sp³-hybridized carbons (Fsp3) is 0.941. The van der Waals surface area contributed by atoms with Gasteiger partial charge in [-0.25, -0.2) is 0 Å². The summed E-state index contributed by atoms with van der Waals surface area (Å²) in [5, 5.41) is 3.19. The second kappa shape index (κ2) is 6.46. The average Bonchev–Trinajstić information content (AvgIpc) is 3.07. The molecular formula is C17H30N2O. The lowest BCUT2D eigenvalue weighted by Gasteiger charge is -2.26. The molecule has 0 aromatic rings. The summed E-state index contributed by atoms with van der Waals surface area (Å²) in [5.41, 5.74) is 5.92. The maximum absolute atomic E-state index is 12.0. The van der Waals surface area contributed by atoms with Gasteiger partial charge < -0.3 is 11.1 Å². The molecule has 114 valence electrons. The minimum absolute atomic E-state index is 0.280. The van der Waals surface area contributed by atoms with E-state index in [0.717, 1.165) is 55.9 Å². The first kappa shape index (κ1) is 14.4. The summed E-state index contributed by atoms with van der Waals surface area (Å²) in [5.74, 6) is 3.70. The number of amides is 1. The van der Waals surface area contributed by atoms with Crippen molar-refractivity contribution in [1.82, 2.24) is 5.32 Å². The first-order chi connectivity index (χ1) is 9.70. The second-order valence-electron chi connectivity index (χ2n) is 7.56. The molecule has 0 heterocycles. The fourth-order valence-electron chi connectivity index (χ4n) is 4.77. The van der Waals surface area contributed by atoms with Crippen LogP contribution in [0.15, 0.2) is 0 Å². The minimum Gasteiger partial charge on any atom is -0.356 e. The van der Waals surface area contributed by atoms with Crippen LogP contribution >= 0.6 is 0 Å². The molecule has 1 amide bonds. The summed E-state index contributed by atoms with van der Waals surface area (Å²) in [6, 6.07) is 0.415. The van der Waals surface area contributed by atoms with Gasteiger partial charge in [-0.1, -0.05) is 6.42 Å². The van der Waals surface area contributed by atoms with Gasteiger partial charge >= 0.3 is 0 Å². The summed E-state index contributed by atoms with van der Waals surface area (Å²) < 4.78 is 0. The molecule has 0 aromatic heterocycles. The first-order valence-electron chi connectivity index (χ1n) is 8.73. The predicted molar refractivity (Wildman–Crippen MR) is 81.1 cm³/mol. The standard InChI is InChI=1S/C17H30N2O/c18-16-6-2-12(3-7-16)4-8-17(20)19-11-15-10-13-1-5-14(15)9-13/h12-16H,1-11,18H2,(H,19,20). The lowest BCUT2D eigenvalue weighted by atomic mass is 9.83. The van der Waals surface area contributed by atoms with Crippen LogP contribution in [-0.2, 0) is 4.79 Å². The molecule has 20 heavy (non-hydrogen) atoms. The zero-order valence-electron chi connectivity index (χ0n) is 12.7. The quantitative estimate of drug-likeness (QED) is 0.812. The van der Waals surface area contributed by atoms with Crippen LogP contribution < -0.4 is 11.1 Å². The molecule has 3 rings (SSSR count). The van der Waals surface area contributed by atoms with Crippen LogP contribution in [-0.4, -0.2) is 18.5 Å². The number of hydrogen-bond acceptors (Lipinski definition) is 2. The van der Waals surface area contributed by atoms with Crippen LogP contribution in [0.4, 0.5) is 0 Å². The topological polar surface area (TPSA) is 55.1 Å². The molecule has 0 saturated heterocycles. The Morgan fingerprint density at radius 3 is 2.50 bits per heavy atom. The smallest absolute Gasteiger partial charge is 0.220 e. The Kier molecular flexibility index (Phi) is 4.65. The van der Waals surface area contributed by atoms with E-state index in [-0.39, 0.29) is 5.91 Å². The highest BCUT2D eigenvalue weighted by atomic mass is 16.1. The maximum atomic E-state index is 12.0. The molecule has 3 unspecified atom stereocenters. The highest BCUT2D eigenvalue weighted by molar-refractivity contribution is 5.75. The van der Waals surface area contributed by atoms with E-state index in [4.69, 9.17) is 5.73 Å². The van der Waals surface area contributed by atoms with Crippen LogP contribution in [0.1, 0.15) is 64.2 Å². The van der Waals surface area contributed by atoms with Crippen molar-refractivity contribution in [2.45, 2.75) is 70.3 Å². The molecule has 3 saturated carbocycles. The summed E-state index contributed by atoms with van der Waals surface area (Å²) in [7, 11) is 0. The minimum atomic E-state index is 0.280. The van der Waals surface area contributed by atoms with E-state index < -0.39 is 0 Å². The molecule has 0 aromatic carbocycles. The van der Waals surface area contributed by atoms with Gasteiger partial charge in [0.2, 0.25) is 5.91 Å². The van der Waals surface area contributed by atoms with Gasteiger partial charge in [0.05, 0.1) is 0 Å². The zero-order chi connectivity index (χ0) is 13.9. The third-order valence-electron chi connectivity index (χ3n) is 6.12. The van der Waals surface area contributed by atoms with Gasteiger partial charge in [-0.15, -0.1) is 0 Å². The van der Waals surface area contributed by atoms with Crippen molar-refractivity contribution in [3.63, 3.8) is 0 Å². The van der Waals surface area contributed by atoms with Gasteiger partial charge in [-0.3, -0.25) is 4.79 Å². The monoisotopic (exact) mass is 278 g/mol. The van der Waals surface area contributed by atoms with Gasteiger partial charge in [-0.05, 0) is 75.0 Å². The Bertz CT molecular complexity index is 336. The number of nitrogens with two attached hydrogens (primary N) is 1. The molecule has 2 bridgehead atoms. The van der Waals surface area contributed by atoms with Crippen molar-refractivity contribution in [3.8, 4) is 0 Å². The van der Waals surface area contributed by atoms with Crippen LogP contribution in [0.25, 0.3) is 0 Å². The van der Waals surface area contributed by atoms with Crippen molar-refractivity contribution >= 4 is 5.91 Å². The molecule has 0 spiro atoms. The van der Waals surface area contributed by atoms with E-state index in [9.17, 15) is 4.79 Å². The lowest BCUT2D eigenvalue weighted by Crippen LogP contribution is -2.32. The van der Waals surface area contributed by atoms with E-state index in [1.165, 1.54) is 38.5 Å². The Hall–Kier alpha value is -0.570. The van der Waals surface area contributed by atoms with Crippen LogP contribution in [0.3, 0.4) is 0 Å². The van der Waals surface area contributed by atoms with Gasteiger partial charge in [0.15, 0.2) is 0 Å². The Labute approximate surface area is 123 Å². The Balaban J connectivity index is 1.30. The molecule has 3 fully saturated rings. The fourth-order valence-corrected chi connectivity index (χ4v) is 4.77. The summed E-state index contributed by atoms with van der Waals surface area (Å²) in [6.07, 6.45) is 12.2. The van der Waals surface area contributed by atoms with E-state index in [1.807, 2.05) is 0 Å². The number of carbonyl (C=O) groups excluding carboxylic acids is 1. The molecule has 3 heteroatoms. The highest BCUT2D eigenvalue weighted by Crippen LogP contribution is 2.47. The van der Waals surface area contributed by atoms with Crippen molar-refractivity contribution in [3.05, 3.63) is 0 Å². The van der Waals surface area contributed by atoms with Gasteiger partial charge in [0.25, 0.3) is 0 Å². The summed E-state index contributed by atoms with van der Waals surface area (Å²) in [4.78, 5) is 12.0. The molecule has 3 aliphatic carbocycles. The molecule has 3 aliphatic rings. The maximum Gasteiger partial charge on any atom is 0.220 e. The number of rotatable bonds is 5.